The Labute approximate surface area is 124 Å². The Balaban J connectivity index is 2.22. The van der Waals surface area contributed by atoms with Gasteiger partial charge in [0.25, 0.3) is 0 Å². The smallest absolute Gasteiger partial charge is 0.0455 e. The third kappa shape index (κ3) is 3.24. The second-order valence-electron chi connectivity index (χ2n) is 6.77. The van der Waals surface area contributed by atoms with Crippen molar-refractivity contribution in [1.29, 1.82) is 0 Å². The van der Waals surface area contributed by atoms with Gasteiger partial charge in [-0.3, -0.25) is 4.90 Å². The number of piperidine rings is 1. The van der Waals surface area contributed by atoms with Crippen molar-refractivity contribution in [3.05, 3.63) is 35.9 Å². The second kappa shape index (κ2) is 6.73. The molecule has 1 saturated heterocycles. The standard InChI is InChI=1S/C18H30N2/c1-13(2)18(17(19)16-10-6-5-7-11-16)20-12-8-9-14(3)15(20)4/h5-7,10-11,13-15,17-18H,8-9,12,19H2,1-4H3. The molecule has 4 unspecified atom stereocenters. The minimum absolute atomic E-state index is 0.101. The molecule has 0 amide bonds. The lowest BCUT2D eigenvalue weighted by atomic mass is 9.84. The number of nitrogens with two attached hydrogens (primary N) is 1. The van der Waals surface area contributed by atoms with Crippen LogP contribution in [0.15, 0.2) is 30.3 Å². The van der Waals surface area contributed by atoms with Crippen LogP contribution >= 0.6 is 0 Å². The lowest BCUT2D eigenvalue weighted by Gasteiger charge is -2.46. The molecule has 0 aliphatic carbocycles. The van der Waals surface area contributed by atoms with E-state index in [1.807, 2.05) is 0 Å². The summed E-state index contributed by atoms with van der Waals surface area (Å²) in [6.07, 6.45) is 2.65. The van der Waals surface area contributed by atoms with Crippen molar-refractivity contribution in [2.45, 2.75) is 58.7 Å². The van der Waals surface area contributed by atoms with Gasteiger partial charge < -0.3 is 5.73 Å². The Morgan fingerprint density at radius 3 is 2.40 bits per heavy atom. The molecule has 20 heavy (non-hydrogen) atoms. The maximum Gasteiger partial charge on any atom is 0.0455 e. The molecule has 1 heterocycles. The number of nitrogens with zero attached hydrogens (tertiary/aromatic N) is 1. The van der Waals surface area contributed by atoms with E-state index in [-0.39, 0.29) is 6.04 Å². The summed E-state index contributed by atoms with van der Waals surface area (Å²) in [5.74, 6) is 1.34. The maximum atomic E-state index is 6.64. The van der Waals surface area contributed by atoms with Crippen molar-refractivity contribution in [2.24, 2.45) is 17.6 Å². The van der Waals surface area contributed by atoms with E-state index >= 15 is 0 Å². The average molecular weight is 274 g/mol. The normalized spacial score (nSPS) is 27.5. The van der Waals surface area contributed by atoms with Gasteiger partial charge >= 0.3 is 0 Å². The van der Waals surface area contributed by atoms with Gasteiger partial charge in [0.1, 0.15) is 0 Å². The summed E-state index contributed by atoms with van der Waals surface area (Å²) in [4.78, 5) is 2.66. The molecular formula is C18H30N2. The van der Waals surface area contributed by atoms with E-state index in [1.165, 1.54) is 24.9 Å². The molecular weight excluding hydrogens is 244 g/mol. The van der Waals surface area contributed by atoms with Gasteiger partial charge in [-0.1, -0.05) is 51.1 Å². The van der Waals surface area contributed by atoms with Crippen LogP contribution in [0.3, 0.4) is 0 Å². The van der Waals surface area contributed by atoms with Crippen molar-refractivity contribution in [3.63, 3.8) is 0 Å². The van der Waals surface area contributed by atoms with Crippen LogP contribution in [0.4, 0.5) is 0 Å². The summed E-state index contributed by atoms with van der Waals surface area (Å²) < 4.78 is 0. The number of rotatable bonds is 4. The van der Waals surface area contributed by atoms with Gasteiger partial charge in [0, 0.05) is 18.1 Å². The predicted molar refractivity (Wildman–Crippen MR) is 86.6 cm³/mol. The molecule has 0 bridgehead atoms. The number of benzene rings is 1. The van der Waals surface area contributed by atoms with E-state index in [2.05, 4.69) is 62.9 Å². The van der Waals surface area contributed by atoms with E-state index in [9.17, 15) is 0 Å². The predicted octanol–water partition coefficient (Wildman–Crippen LogP) is 3.83. The zero-order valence-electron chi connectivity index (χ0n) is 13.4. The summed E-state index contributed by atoms with van der Waals surface area (Å²) in [5, 5.41) is 0. The third-order valence-corrected chi connectivity index (χ3v) is 5.04. The Hall–Kier alpha value is -0.860. The monoisotopic (exact) mass is 274 g/mol. The van der Waals surface area contributed by atoms with E-state index in [4.69, 9.17) is 5.73 Å². The molecule has 0 aromatic heterocycles. The first kappa shape index (κ1) is 15.5. The summed E-state index contributed by atoms with van der Waals surface area (Å²) in [6.45, 7) is 10.5. The van der Waals surface area contributed by atoms with E-state index in [1.54, 1.807) is 0 Å². The van der Waals surface area contributed by atoms with Crippen LogP contribution in [0.25, 0.3) is 0 Å². The van der Waals surface area contributed by atoms with E-state index in [0.717, 1.165) is 5.92 Å². The van der Waals surface area contributed by atoms with Crippen molar-refractivity contribution in [1.82, 2.24) is 4.90 Å². The summed E-state index contributed by atoms with van der Waals surface area (Å²) in [6, 6.07) is 11.7. The van der Waals surface area contributed by atoms with Crippen molar-refractivity contribution >= 4 is 0 Å². The molecule has 0 radical (unpaired) electrons. The van der Waals surface area contributed by atoms with Gasteiger partial charge in [0.2, 0.25) is 0 Å². The highest BCUT2D eigenvalue weighted by Crippen LogP contribution is 2.32. The molecule has 1 aromatic carbocycles. The van der Waals surface area contributed by atoms with Gasteiger partial charge in [-0.05, 0) is 43.7 Å². The minimum Gasteiger partial charge on any atom is -0.323 e. The summed E-state index contributed by atoms with van der Waals surface area (Å²) in [5.41, 5.74) is 7.90. The van der Waals surface area contributed by atoms with Crippen LogP contribution in [-0.4, -0.2) is 23.5 Å². The second-order valence-corrected chi connectivity index (χ2v) is 6.77. The molecule has 1 aliphatic heterocycles. The van der Waals surface area contributed by atoms with Gasteiger partial charge in [-0.15, -0.1) is 0 Å². The Morgan fingerprint density at radius 1 is 1.15 bits per heavy atom. The molecule has 1 aromatic rings. The Kier molecular flexibility index (Phi) is 5.22. The van der Waals surface area contributed by atoms with Crippen LogP contribution < -0.4 is 5.73 Å². The van der Waals surface area contributed by atoms with E-state index < -0.39 is 0 Å². The van der Waals surface area contributed by atoms with Crippen LogP contribution in [0.5, 0.6) is 0 Å². The zero-order valence-corrected chi connectivity index (χ0v) is 13.4. The van der Waals surface area contributed by atoms with Crippen molar-refractivity contribution in [3.8, 4) is 0 Å². The fraction of sp³-hybridized carbons (Fsp3) is 0.667. The molecule has 2 heteroatoms. The highest BCUT2D eigenvalue weighted by atomic mass is 15.2. The largest absolute Gasteiger partial charge is 0.323 e. The minimum atomic E-state index is 0.101. The van der Waals surface area contributed by atoms with Crippen LogP contribution in [0.1, 0.15) is 52.1 Å². The molecule has 0 spiro atoms. The fourth-order valence-electron chi connectivity index (χ4n) is 3.66. The molecule has 2 rings (SSSR count). The van der Waals surface area contributed by atoms with Gasteiger partial charge in [0.15, 0.2) is 0 Å². The molecule has 2 nitrogen and oxygen atoms in total. The molecule has 1 fully saturated rings. The fourth-order valence-corrected chi connectivity index (χ4v) is 3.66. The van der Waals surface area contributed by atoms with Crippen LogP contribution in [-0.2, 0) is 0 Å². The lowest BCUT2D eigenvalue weighted by molar-refractivity contribution is 0.0339. The Bertz CT molecular complexity index is 401. The number of hydrogen-bond acceptors (Lipinski definition) is 2. The third-order valence-electron chi connectivity index (χ3n) is 5.04. The summed E-state index contributed by atoms with van der Waals surface area (Å²) >= 11 is 0. The topological polar surface area (TPSA) is 29.3 Å². The SMILES string of the molecule is CC(C)C(C(N)c1ccccc1)N1CCCC(C)C1C. The number of likely N-dealkylation sites (tertiary alicyclic amines) is 1. The Morgan fingerprint density at radius 2 is 1.80 bits per heavy atom. The molecule has 2 N–H and O–H groups in total. The summed E-state index contributed by atoms with van der Waals surface area (Å²) in [7, 11) is 0. The van der Waals surface area contributed by atoms with Crippen LogP contribution in [0, 0.1) is 11.8 Å². The van der Waals surface area contributed by atoms with Gasteiger partial charge in [-0.2, -0.15) is 0 Å². The molecule has 0 saturated carbocycles. The lowest BCUT2D eigenvalue weighted by Crippen LogP contribution is -2.54. The van der Waals surface area contributed by atoms with Gasteiger partial charge in [0.05, 0.1) is 0 Å². The molecule has 4 atom stereocenters. The maximum absolute atomic E-state index is 6.64. The molecule has 112 valence electrons. The first-order valence-corrected chi connectivity index (χ1v) is 8.08. The van der Waals surface area contributed by atoms with Crippen LogP contribution in [0.2, 0.25) is 0 Å². The zero-order chi connectivity index (χ0) is 14.7. The highest BCUT2D eigenvalue weighted by Gasteiger charge is 2.35. The first-order chi connectivity index (χ1) is 9.52. The highest BCUT2D eigenvalue weighted by molar-refractivity contribution is 5.20. The molecule has 1 aliphatic rings. The van der Waals surface area contributed by atoms with Crippen molar-refractivity contribution in [2.75, 3.05) is 6.54 Å². The number of hydrogen-bond donors (Lipinski definition) is 1. The first-order valence-electron chi connectivity index (χ1n) is 8.08. The van der Waals surface area contributed by atoms with E-state index in [0.29, 0.717) is 18.0 Å². The quantitative estimate of drug-likeness (QED) is 0.904. The average Bonchev–Trinajstić information content (AvgIpc) is 2.44. The van der Waals surface area contributed by atoms with Crippen molar-refractivity contribution < 1.29 is 0 Å². The van der Waals surface area contributed by atoms with Gasteiger partial charge in [-0.25, -0.2) is 0 Å².